The Morgan fingerprint density at radius 2 is 2.12 bits per heavy atom. The van der Waals surface area contributed by atoms with Gasteiger partial charge in [0.1, 0.15) is 6.04 Å². The maximum Gasteiger partial charge on any atom is 0.328 e. The van der Waals surface area contributed by atoms with Gasteiger partial charge in [-0.2, -0.15) is 0 Å². The van der Waals surface area contributed by atoms with Gasteiger partial charge in [-0.25, -0.2) is 4.79 Å². The lowest BCUT2D eigenvalue weighted by Crippen LogP contribution is -2.16. The molecule has 2 N–H and O–H groups in total. The SMILES string of the molecule is COC(=O)C(C)n1cc(N)c2ccccc21. The highest BCUT2D eigenvalue weighted by molar-refractivity contribution is 5.93. The molecule has 1 unspecified atom stereocenters. The van der Waals surface area contributed by atoms with Crippen LogP contribution in [0.1, 0.15) is 13.0 Å². The number of esters is 1. The number of fused-ring (bicyclic) bond motifs is 1. The van der Waals surface area contributed by atoms with Crippen LogP contribution in [-0.4, -0.2) is 17.6 Å². The fourth-order valence-corrected chi connectivity index (χ4v) is 1.84. The summed E-state index contributed by atoms with van der Waals surface area (Å²) in [5.41, 5.74) is 7.50. The van der Waals surface area contributed by atoms with E-state index in [2.05, 4.69) is 0 Å². The largest absolute Gasteiger partial charge is 0.467 e. The minimum absolute atomic E-state index is 0.277. The first kappa shape index (κ1) is 10.5. The third-order valence-corrected chi connectivity index (χ3v) is 2.73. The Hall–Kier alpha value is -1.97. The second-order valence-electron chi connectivity index (χ2n) is 3.71. The van der Waals surface area contributed by atoms with Gasteiger partial charge in [0.05, 0.1) is 18.3 Å². The summed E-state index contributed by atoms with van der Waals surface area (Å²) < 4.78 is 6.55. The number of hydrogen-bond acceptors (Lipinski definition) is 3. The molecule has 0 aliphatic heterocycles. The van der Waals surface area contributed by atoms with E-state index < -0.39 is 0 Å². The van der Waals surface area contributed by atoms with E-state index in [0.29, 0.717) is 5.69 Å². The second kappa shape index (κ2) is 3.89. The zero-order valence-corrected chi connectivity index (χ0v) is 9.31. The van der Waals surface area contributed by atoms with E-state index in [1.165, 1.54) is 7.11 Å². The minimum atomic E-state index is -0.368. The molecule has 0 aliphatic rings. The van der Waals surface area contributed by atoms with Crippen molar-refractivity contribution in [1.29, 1.82) is 0 Å². The Morgan fingerprint density at radius 3 is 2.81 bits per heavy atom. The molecule has 84 valence electrons. The third-order valence-electron chi connectivity index (χ3n) is 2.73. The average molecular weight is 218 g/mol. The van der Waals surface area contributed by atoms with Crippen LogP contribution in [0.25, 0.3) is 10.9 Å². The summed E-state index contributed by atoms with van der Waals surface area (Å²) in [5.74, 6) is -0.277. The Morgan fingerprint density at radius 1 is 1.44 bits per heavy atom. The fourth-order valence-electron chi connectivity index (χ4n) is 1.84. The van der Waals surface area contributed by atoms with E-state index in [1.54, 1.807) is 13.1 Å². The molecule has 4 heteroatoms. The lowest BCUT2D eigenvalue weighted by atomic mass is 10.2. The normalized spacial score (nSPS) is 12.6. The first-order valence-corrected chi connectivity index (χ1v) is 5.08. The molecule has 4 nitrogen and oxygen atoms in total. The van der Waals surface area contributed by atoms with Gasteiger partial charge in [-0.15, -0.1) is 0 Å². The van der Waals surface area contributed by atoms with Crippen molar-refractivity contribution in [3.05, 3.63) is 30.5 Å². The summed E-state index contributed by atoms with van der Waals surface area (Å²) in [6.07, 6.45) is 1.77. The molecule has 0 aliphatic carbocycles. The number of aromatic nitrogens is 1. The van der Waals surface area contributed by atoms with Gasteiger partial charge < -0.3 is 15.0 Å². The molecule has 0 amide bonds. The Bertz CT molecular complexity index is 531. The van der Waals surface area contributed by atoms with Gasteiger partial charge in [0.25, 0.3) is 0 Å². The number of nitrogen functional groups attached to an aromatic ring is 1. The third kappa shape index (κ3) is 1.52. The molecular formula is C12H14N2O2. The minimum Gasteiger partial charge on any atom is -0.467 e. The summed E-state index contributed by atoms with van der Waals surface area (Å²) in [5, 5.41) is 0.957. The zero-order valence-electron chi connectivity index (χ0n) is 9.31. The Balaban J connectivity index is 2.57. The van der Waals surface area contributed by atoms with Crippen molar-refractivity contribution in [3.63, 3.8) is 0 Å². The molecule has 1 aromatic carbocycles. The quantitative estimate of drug-likeness (QED) is 0.784. The average Bonchev–Trinajstić information content (AvgIpc) is 2.65. The molecule has 2 rings (SSSR count). The van der Waals surface area contributed by atoms with Gasteiger partial charge in [-0.3, -0.25) is 0 Å². The van der Waals surface area contributed by atoms with E-state index in [1.807, 2.05) is 28.8 Å². The molecule has 0 radical (unpaired) electrons. The number of carbonyl (C=O) groups excluding carboxylic acids is 1. The Kier molecular flexibility index (Phi) is 2.56. The van der Waals surface area contributed by atoms with Crippen LogP contribution >= 0.6 is 0 Å². The summed E-state index contributed by atoms with van der Waals surface area (Å²) in [4.78, 5) is 11.5. The first-order chi connectivity index (χ1) is 7.65. The highest BCUT2D eigenvalue weighted by Crippen LogP contribution is 2.26. The van der Waals surface area contributed by atoms with E-state index in [-0.39, 0.29) is 12.0 Å². The van der Waals surface area contributed by atoms with Gasteiger partial charge in [-0.05, 0) is 13.0 Å². The molecule has 0 saturated carbocycles. The molecule has 2 aromatic rings. The topological polar surface area (TPSA) is 57.2 Å². The van der Waals surface area contributed by atoms with E-state index in [4.69, 9.17) is 10.5 Å². The number of nitrogens with two attached hydrogens (primary N) is 1. The molecule has 0 fully saturated rings. The molecular weight excluding hydrogens is 204 g/mol. The molecule has 1 heterocycles. The summed E-state index contributed by atoms with van der Waals surface area (Å²) in [6, 6.07) is 7.34. The molecule has 1 atom stereocenters. The second-order valence-corrected chi connectivity index (χ2v) is 3.71. The van der Waals surface area contributed by atoms with Crippen LogP contribution in [0, 0.1) is 0 Å². The smallest absolute Gasteiger partial charge is 0.328 e. The van der Waals surface area contributed by atoms with Gasteiger partial charge in [0, 0.05) is 11.6 Å². The summed E-state index contributed by atoms with van der Waals surface area (Å²) in [6.45, 7) is 1.79. The highest BCUT2D eigenvalue weighted by Gasteiger charge is 2.17. The van der Waals surface area contributed by atoms with Gasteiger partial charge in [-0.1, -0.05) is 18.2 Å². The molecule has 0 saturated heterocycles. The maximum absolute atomic E-state index is 11.5. The predicted molar refractivity (Wildman–Crippen MR) is 63.1 cm³/mol. The van der Waals surface area contributed by atoms with Crippen LogP contribution < -0.4 is 5.73 Å². The molecule has 0 bridgehead atoms. The van der Waals surface area contributed by atoms with Crippen LogP contribution in [0.15, 0.2) is 30.5 Å². The lowest BCUT2D eigenvalue weighted by molar-refractivity contribution is -0.143. The number of nitrogens with zero attached hydrogens (tertiary/aromatic N) is 1. The maximum atomic E-state index is 11.5. The summed E-state index contributed by atoms with van der Waals surface area (Å²) in [7, 11) is 1.38. The summed E-state index contributed by atoms with van der Waals surface area (Å²) >= 11 is 0. The molecule has 16 heavy (non-hydrogen) atoms. The van der Waals surface area contributed by atoms with E-state index >= 15 is 0 Å². The van der Waals surface area contributed by atoms with E-state index in [0.717, 1.165) is 10.9 Å². The first-order valence-electron chi connectivity index (χ1n) is 5.08. The predicted octanol–water partition coefficient (Wildman–Crippen LogP) is 1.96. The number of benzene rings is 1. The standard InChI is InChI=1S/C12H14N2O2/c1-8(12(15)16-2)14-7-10(13)9-5-3-4-6-11(9)14/h3-8H,13H2,1-2H3. The van der Waals surface area contributed by atoms with Crippen molar-refractivity contribution in [2.24, 2.45) is 0 Å². The van der Waals surface area contributed by atoms with Gasteiger partial charge in [0.15, 0.2) is 0 Å². The number of hydrogen-bond donors (Lipinski definition) is 1. The number of ether oxygens (including phenoxy) is 1. The van der Waals surface area contributed by atoms with E-state index in [9.17, 15) is 4.79 Å². The van der Waals surface area contributed by atoms with Gasteiger partial charge >= 0.3 is 5.97 Å². The number of anilines is 1. The van der Waals surface area contributed by atoms with Crippen molar-refractivity contribution in [1.82, 2.24) is 4.57 Å². The van der Waals surface area contributed by atoms with Crippen molar-refractivity contribution in [2.75, 3.05) is 12.8 Å². The van der Waals surface area contributed by atoms with Crippen molar-refractivity contribution in [3.8, 4) is 0 Å². The van der Waals surface area contributed by atoms with Crippen LogP contribution in [0.5, 0.6) is 0 Å². The molecule has 1 aromatic heterocycles. The van der Waals surface area contributed by atoms with Crippen LogP contribution in [0.4, 0.5) is 5.69 Å². The van der Waals surface area contributed by atoms with Crippen molar-refractivity contribution >= 4 is 22.6 Å². The lowest BCUT2D eigenvalue weighted by Gasteiger charge is -2.12. The number of rotatable bonds is 2. The number of carbonyl (C=O) groups is 1. The van der Waals surface area contributed by atoms with Crippen molar-refractivity contribution < 1.29 is 9.53 Å². The number of para-hydroxylation sites is 1. The van der Waals surface area contributed by atoms with Crippen LogP contribution in [-0.2, 0) is 9.53 Å². The number of methoxy groups -OCH3 is 1. The monoisotopic (exact) mass is 218 g/mol. The zero-order chi connectivity index (χ0) is 11.7. The highest BCUT2D eigenvalue weighted by atomic mass is 16.5. The van der Waals surface area contributed by atoms with Crippen LogP contribution in [0.2, 0.25) is 0 Å². The van der Waals surface area contributed by atoms with Gasteiger partial charge in [0.2, 0.25) is 0 Å². The Labute approximate surface area is 93.6 Å². The van der Waals surface area contributed by atoms with Crippen LogP contribution in [0.3, 0.4) is 0 Å². The molecule has 0 spiro atoms. The van der Waals surface area contributed by atoms with Crippen molar-refractivity contribution in [2.45, 2.75) is 13.0 Å². The fraction of sp³-hybridized carbons (Fsp3) is 0.250.